The lowest BCUT2D eigenvalue weighted by atomic mass is 10.0. The highest BCUT2D eigenvalue weighted by Gasteiger charge is 2.32. The minimum Gasteiger partial charge on any atom is -0.483 e. The molecular formula is C20H19ClN2O7. The number of nitro groups is 1. The van der Waals surface area contributed by atoms with Crippen molar-refractivity contribution in [2.45, 2.75) is 25.9 Å². The number of amides is 1. The number of nitrogens with one attached hydrogen (secondary N) is 1. The van der Waals surface area contributed by atoms with Crippen molar-refractivity contribution in [2.24, 2.45) is 0 Å². The number of rotatable bonds is 7. The summed E-state index contributed by atoms with van der Waals surface area (Å²) in [6.45, 7) is 2.86. The maximum absolute atomic E-state index is 12.0. The predicted octanol–water partition coefficient (Wildman–Crippen LogP) is 3.52. The smallest absolute Gasteiger partial charge is 0.344 e. The van der Waals surface area contributed by atoms with E-state index >= 15 is 0 Å². The lowest BCUT2D eigenvalue weighted by Crippen LogP contribution is -2.25. The van der Waals surface area contributed by atoms with Crippen LogP contribution in [0.15, 0.2) is 36.4 Å². The number of esters is 1. The fourth-order valence-electron chi connectivity index (χ4n) is 2.97. The molecule has 3 rings (SSSR count). The Kier molecular flexibility index (Phi) is 6.12. The van der Waals surface area contributed by atoms with E-state index in [1.807, 2.05) is 19.9 Å². The van der Waals surface area contributed by atoms with Gasteiger partial charge in [0.05, 0.1) is 4.92 Å². The molecule has 0 unspecified atom stereocenters. The van der Waals surface area contributed by atoms with Crippen molar-refractivity contribution in [3.8, 4) is 11.5 Å². The first-order chi connectivity index (χ1) is 14.1. The van der Waals surface area contributed by atoms with Gasteiger partial charge in [-0.25, -0.2) is 4.79 Å². The van der Waals surface area contributed by atoms with Gasteiger partial charge in [0.1, 0.15) is 11.3 Å². The van der Waals surface area contributed by atoms with Crippen LogP contribution in [0.5, 0.6) is 11.5 Å². The summed E-state index contributed by atoms with van der Waals surface area (Å²) in [6.07, 6.45) is 0.723. The molecule has 30 heavy (non-hydrogen) atoms. The van der Waals surface area contributed by atoms with Crippen LogP contribution in [-0.4, -0.2) is 35.6 Å². The second kappa shape index (κ2) is 8.58. The second-order valence-electron chi connectivity index (χ2n) is 7.20. The van der Waals surface area contributed by atoms with Crippen LogP contribution < -0.4 is 14.8 Å². The Morgan fingerprint density at radius 3 is 2.77 bits per heavy atom. The maximum Gasteiger partial charge on any atom is 0.344 e. The van der Waals surface area contributed by atoms with E-state index in [1.165, 1.54) is 12.1 Å². The van der Waals surface area contributed by atoms with Crippen LogP contribution >= 0.6 is 11.6 Å². The zero-order valence-electron chi connectivity index (χ0n) is 16.3. The van der Waals surface area contributed by atoms with Crippen molar-refractivity contribution in [3.63, 3.8) is 0 Å². The molecule has 1 heterocycles. The molecule has 0 spiro atoms. The van der Waals surface area contributed by atoms with Crippen molar-refractivity contribution >= 4 is 34.9 Å². The van der Waals surface area contributed by atoms with Gasteiger partial charge < -0.3 is 19.5 Å². The number of fused-ring (bicyclic) bond motifs is 1. The molecule has 2 aromatic carbocycles. The Labute approximate surface area is 177 Å². The van der Waals surface area contributed by atoms with Crippen molar-refractivity contribution in [1.82, 2.24) is 0 Å². The number of hydrogen-bond donors (Lipinski definition) is 1. The molecular weight excluding hydrogens is 416 g/mol. The Hall–Kier alpha value is -3.33. The number of nitrogens with zero attached hydrogens (tertiary/aromatic N) is 1. The average Bonchev–Trinajstić information content (AvgIpc) is 3.00. The molecule has 1 amide bonds. The number of ether oxygens (including phenoxy) is 3. The number of hydrogen-bond acceptors (Lipinski definition) is 7. The van der Waals surface area contributed by atoms with Gasteiger partial charge in [0, 0.05) is 23.1 Å². The molecule has 0 atom stereocenters. The number of anilines is 1. The van der Waals surface area contributed by atoms with Crippen LogP contribution in [0.4, 0.5) is 11.4 Å². The zero-order chi connectivity index (χ0) is 21.9. The molecule has 2 aromatic rings. The van der Waals surface area contributed by atoms with Gasteiger partial charge in [-0.2, -0.15) is 0 Å². The molecule has 1 aliphatic heterocycles. The molecule has 10 heteroatoms. The quantitative estimate of drug-likeness (QED) is 0.402. The zero-order valence-corrected chi connectivity index (χ0v) is 17.0. The fourth-order valence-corrected chi connectivity index (χ4v) is 3.14. The van der Waals surface area contributed by atoms with Gasteiger partial charge in [0.2, 0.25) is 0 Å². The van der Waals surface area contributed by atoms with E-state index in [9.17, 15) is 19.7 Å². The van der Waals surface area contributed by atoms with Crippen LogP contribution in [-0.2, 0) is 20.7 Å². The topological polar surface area (TPSA) is 117 Å². The third-order valence-electron chi connectivity index (χ3n) is 4.20. The number of benzene rings is 2. The van der Waals surface area contributed by atoms with Crippen LogP contribution in [0, 0.1) is 10.1 Å². The Balaban J connectivity index is 1.51. The standard InChI is InChI=1S/C20H19ClN2O7/c1-20(2)9-12-4-3-5-16(19(12)30-20)28-11-18(25)29-10-17(24)22-14-7-6-13(21)8-15(14)23(26)27/h3-8H,9-11H2,1-2H3,(H,22,24). The van der Waals surface area contributed by atoms with Crippen LogP contribution in [0.3, 0.4) is 0 Å². The molecule has 1 N–H and O–H groups in total. The molecule has 0 radical (unpaired) electrons. The minimum absolute atomic E-state index is 0.0543. The monoisotopic (exact) mass is 434 g/mol. The highest BCUT2D eigenvalue weighted by molar-refractivity contribution is 6.31. The second-order valence-corrected chi connectivity index (χ2v) is 7.64. The summed E-state index contributed by atoms with van der Waals surface area (Å²) in [6, 6.07) is 9.21. The summed E-state index contributed by atoms with van der Waals surface area (Å²) < 4.78 is 16.2. The van der Waals surface area contributed by atoms with Gasteiger partial charge >= 0.3 is 5.97 Å². The number of para-hydroxylation sites is 1. The fraction of sp³-hybridized carbons (Fsp3) is 0.300. The molecule has 0 saturated carbocycles. The van der Waals surface area contributed by atoms with Crippen molar-refractivity contribution in [2.75, 3.05) is 18.5 Å². The van der Waals surface area contributed by atoms with Gasteiger partial charge in [-0.3, -0.25) is 14.9 Å². The van der Waals surface area contributed by atoms with Gasteiger partial charge in [-0.1, -0.05) is 23.7 Å². The van der Waals surface area contributed by atoms with E-state index < -0.39 is 30.0 Å². The van der Waals surface area contributed by atoms with E-state index in [0.717, 1.165) is 18.1 Å². The van der Waals surface area contributed by atoms with E-state index in [2.05, 4.69) is 5.32 Å². The molecule has 0 bridgehead atoms. The third kappa shape index (κ3) is 5.18. The Morgan fingerprint density at radius 2 is 2.03 bits per heavy atom. The highest BCUT2D eigenvalue weighted by atomic mass is 35.5. The van der Waals surface area contributed by atoms with Crippen molar-refractivity contribution in [1.29, 1.82) is 0 Å². The first kappa shape index (κ1) is 21.4. The Morgan fingerprint density at radius 1 is 1.27 bits per heavy atom. The lowest BCUT2D eigenvalue weighted by molar-refractivity contribution is -0.383. The van der Waals surface area contributed by atoms with Crippen LogP contribution in [0.1, 0.15) is 19.4 Å². The SMILES string of the molecule is CC1(C)Cc2cccc(OCC(=O)OCC(=O)Nc3ccc(Cl)cc3[N+](=O)[O-])c2O1. The summed E-state index contributed by atoms with van der Waals surface area (Å²) >= 11 is 5.73. The summed E-state index contributed by atoms with van der Waals surface area (Å²) in [7, 11) is 0. The minimum atomic E-state index is -0.773. The highest BCUT2D eigenvalue weighted by Crippen LogP contribution is 2.41. The van der Waals surface area contributed by atoms with E-state index in [1.54, 1.807) is 12.1 Å². The Bertz CT molecular complexity index is 1010. The first-order valence-electron chi connectivity index (χ1n) is 8.98. The first-order valence-corrected chi connectivity index (χ1v) is 9.35. The summed E-state index contributed by atoms with van der Waals surface area (Å²) in [5, 5.41) is 13.5. The normalized spacial score (nSPS) is 13.7. The number of carbonyl (C=O) groups is 2. The number of halogens is 1. The van der Waals surface area contributed by atoms with Crippen LogP contribution in [0.2, 0.25) is 5.02 Å². The molecule has 1 aliphatic rings. The molecule has 0 aliphatic carbocycles. The van der Waals surface area contributed by atoms with E-state index in [-0.39, 0.29) is 22.0 Å². The number of nitro benzene ring substituents is 1. The van der Waals surface area contributed by atoms with Crippen molar-refractivity contribution in [3.05, 3.63) is 57.1 Å². The largest absolute Gasteiger partial charge is 0.483 e. The van der Waals surface area contributed by atoms with Gasteiger partial charge in [-0.05, 0) is 32.0 Å². The maximum atomic E-state index is 12.0. The molecule has 158 valence electrons. The van der Waals surface area contributed by atoms with E-state index in [0.29, 0.717) is 11.5 Å². The molecule has 0 aromatic heterocycles. The summed E-state index contributed by atoms with van der Waals surface area (Å²) in [5.74, 6) is -0.510. The van der Waals surface area contributed by atoms with Crippen molar-refractivity contribution < 1.29 is 28.7 Å². The molecule has 0 saturated heterocycles. The lowest BCUT2D eigenvalue weighted by Gasteiger charge is -2.18. The number of carbonyl (C=O) groups excluding carboxylic acids is 2. The van der Waals surface area contributed by atoms with Crippen LogP contribution in [0.25, 0.3) is 0 Å². The predicted molar refractivity (Wildman–Crippen MR) is 108 cm³/mol. The summed E-state index contributed by atoms with van der Waals surface area (Å²) in [4.78, 5) is 34.3. The van der Waals surface area contributed by atoms with E-state index in [4.69, 9.17) is 25.8 Å². The van der Waals surface area contributed by atoms with Gasteiger partial charge in [-0.15, -0.1) is 0 Å². The summed E-state index contributed by atoms with van der Waals surface area (Å²) in [5.41, 5.74) is 0.201. The van der Waals surface area contributed by atoms with Gasteiger partial charge in [0.15, 0.2) is 24.7 Å². The third-order valence-corrected chi connectivity index (χ3v) is 4.43. The average molecular weight is 435 g/mol. The molecule has 0 fully saturated rings. The molecule has 9 nitrogen and oxygen atoms in total. The van der Waals surface area contributed by atoms with Gasteiger partial charge in [0.25, 0.3) is 11.6 Å².